The number of benzene rings is 17. The Labute approximate surface area is 630 Å². The first-order chi connectivity index (χ1) is 53.0. The van der Waals surface area contributed by atoms with E-state index in [4.69, 9.17) is 0 Å². The minimum absolute atomic E-state index is 0.113. The van der Waals surface area contributed by atoms with E-state index in [2.05, 4.69) is 399 Å². The van der Waals surface area contributed by atoms with Gasteiger partial charge in [0.25, 0.3) is 0 Å². The van der Waals surface area contributed by atoms with Crippen molar-refractivity contribution in [1.29, 1.82) is 0 Å². The molecular weight excluding hydrogens is 1330 g/mol. The van der Waals surface area contributed by atoms with Crippen LogP contribution in [0.3, 0.4) is 0 Å². The number of fused-ring (bicyclic) bond motifs is 11. The number of hydrogen-bond acceptors (Lipinski definition) is 2. The Balaban J connectivity index is 0.781. The van der Waals surface area contributed by atoms with Crippen LogP contribution in [0.25, 0.3) is 180 Å². The monoisotopic (exact) mass is 1390 g/mol. The van der Waals surface area contributed by atoms with Gasteiger partial charge in [0, 0.05) is 63.8 Å². The lowest BCUT2D eigenvalue weighted by Gasteiger charge is -2.27. The van der Waals surface area contributed by atoms with Gasteiger partial charge < -0.3 is 4.57 Å². The van der Waals surface area contributed by atoms with Crippen molar-refractivity contribution < 1.29 is 0 Å². The number of hydrogen-bond donors (Lipinski definition) is 0. The second kappa shape index (κ2) is 26.1. The predicted molar refractivity (Wildman–Crippen MR) is 459 cm³/mol. The standard InChI is InChI=1S/C104H67NS2/c1-9-27-66(28-10-1)78-56-88(71-35-17-5-18-36-71)101-93(60-78)95-62-80(68-31-13-3-14-32-68)58-90(103(95)106-101)76-48-52-83-84-53-49-77(91-59-81(69-33-15-4-16-34-69)63-96-94-61-79(67-29-11-2-12-30-67)57-89(102(94)107-104(91)96)72-37-19-6-20-38-72)65-98(84)105(97(83)64-76)82-50-45-70(46-51-82)75-47-54-87-92(55-75)100(74-41-23-8-24-42-74)86-44-26-25-43-85(86)99(87)73-39-21-7-22-40-73/h1-65,95,103H. The molecule has 0 N–H and O–H groups in total. The first-order valence-corrected chi connectivity index (χ1v) is 38.7. The molecule has 3 heterocycles. The summed E-state index contributed by atoms with van der Waals surface area (Å²) >= 11 is 3.96. The van der Waals surface area contributed by atoms with E-state index in [-0.39, 0.29) is 11.2 Å². The van der Waals surface area contributed by atoms with Crippen molar-refractivity contribution in [2.24, 2.45) is 0 Å². The number of allylic oxidation sites excluding steroid dienone is 3. The van der Waals surface area contributed by atoms with Crippen molar-refractivity contribution in [3.8, 4) is 106 Å². The average molecular weight is 1390 g/mol. The van der Waals surface area contributed by atoms with Gasteiger partial charge >= 0.3 is 0 Å². The number of thioether (sulfide) groups is 1. The quantitative estimate of drug-likeness (QED) is 0.110. The Kier molecular flexibility index (Phi) is 15.3. The van der Waals surface area contributed by atoms with Crippen LogP contribution in [0, 0.1) is 0 Å². The summed E-state index contributed by atoms with van der Waals surface area (Å²) in [5, 5.41) is 10.0. The zero-order chi connectivity index (χ0) is 70.5. The van der Waals surface area contributed by atoms with E-state index in [1.54, 1.807) is 0 Å². The second-order valence-corrected chi connectivity index (χ2v) is 30.6. The van der Waals surface area contributed by atoms with Crippen LogP contribution in [0.2, 0.25) is 0 Å². The molecule has 0 radical (unpaired) electrons. The van der Waals surface area contributed by atoms with Crippen molar-refractivity contribution in [3.63, 3.8) is 0 Å². The fourth-order valence-electron chi connectivity index (χ4n) is 17.3. The minimum atomic E-state index is 0.113. The van der Waals surface area contributed by atoms with Gasteiger partial charge in [0.1, 0.15) is 0 Å². The molecule has 2 atom stereocenters. The Morgan fingerprint density at radius 1 is 0.243 bits per heavy atom. The summed E-state index contributed by atoms with van der Waals surface area (Å²) in [5.74, 6) is 0.113. The highest BCUT2D eigenvalue weighted by Gasteiger charge is 2.40. The van der Waals surface area contributed by atoms with Gasteiger partial charge in [-0.05, 0) is 211 Å². The van der Waals surface area contributed by atoms with Crippen LogP contribution in [-0.2, 0) is 0 Å². The Morgan fingerprint density at radius 3 is 1.15 bits per heavy atom. The number of nitrogens with zero attached hydrogens (tertiary/aromatic N) is 1. The van der Waals surface area contributed by atoms with Crippen LogP contribution in [0.15, 0.2) is 399 Å². The largest absolute Gasteiger partial charge is 0.309 e. The third-order valence-electron chi connectivity index (χ3n) is 22.3. The fourth-order valence-corrected chi connectivity index (χ4v) is 20.2. The van der Waals surface area contributed by atoms with Crippen molar-refractivity contribution in [2.75, 3.05) is 0 Å². The summed E-state index contributed by atoms with van der Waals surface area (Å²) in [6, 6.07) is 143. The van der Waals surface area contributed by atoms with E-state index in [1.807, 2.05) is 23.1 Å². The summed E-state index contributed by atoms with van der Waals surface area (Å²) in [6.07, 6.45) is 5.08. The van der Waals surface area contributed by atoms with Crippen molar-refractivity contribution in [1.82, 2.24) is 4.57 Å². The van der Waals surface area contributed by atoms with Gasteiger partial charge in [0.15, 0.2) is 0 Å². The number of thiophene rings is 1. The number of rotatable bonds is 12. The molecule has 2 aliphatic rings. The maximum absolute atomic E-state index is 2.57. The van der Waals surface area contributed by atoms with Crippen LogP contribution < -0.4 is 0 Å². The zero-order valence-corrected chi connectivity index (χ0v) is 60.1. The first-order valence-electron chi connectivity index (χ1n) is 37.0. The third-order valence-corrected chi connectivity index (χ3v) is 25.1. The summed E-state index contributed by atoms with van der Waals surface area (Å²) in [7, 11) is 0. The lowest BCUT2D eigenvalue weighted by Crippen LogP contribution is -2.15. The third kappa shape index (κ3) is 10.8. The Hall–Kier alpha value is -12.9. The topological polar surface area (TPSA) is 4.93 Å². The van der Waals surface area contributed by atoms with Gasteiger partial charge in [-0.1, -0.05) is 322 Å². The van der Waals surface area contributed by atoms with Gasteiger partial charge in [0.2, 0.25) is 0 Å². The molecule has 0 amide bonds. The van der Waals surface area contributed by atoms with E-state index in [0.717, 1.165) is 22.3 Å². The molecule has 500 valence electrons. The van der Waals surface area contributed by atoms with Crippen LogP contribution in [0.4, 0.5) is 0 Å². The molecule has 0 spiro atoms. The van der Waals surface area contributed by atoms with Crippen LogP contribution >= 0.6 is 23.1 Å². The van der Waals surface area contributed by atoms with Crippen molar-refractivity contribution in [3.05, 3.63) is 411 Å². The van der Waals surface area contributed by atoms with E-state index in [1.165, 1.54) is 180 Å². The minimum Gasteiger partial charge on any atom is -0.309 e. The Morgan fingerprint density at radius 2 is 0.617 bits per heavy atom. The highest BCUT2D eigenvalue weighted by molar-refractivity contribution is 8.01. The zero-order valence-electron chi connectivity index (χ0n) is 58.4. The Bertz CT molecular complexity index is 6760. The van der Waals surface area contributed by atoms with Gasteiger partial charge in [-0.2, -0.15) is 0 Å². The maximum atomic E-state index is 2.57. The predicted octanol–water partition coefficient (Wildman–Crippen LogP) is 29.2. The van der Waals surface area contributed by atoms with Gasteiger partial charge in [-0.25, -0.2) is 0 Å². The smallest absolute Gasteiger partial charge is 0.0547 e. The van der Waals surface area contributed by atoms with Crippen LogP contribution in [0.1, 0.15) is 22.6 Å². The first kappa shape index (κ1) is 62.7. The van der Waals surface area contributed by atoms with Gasteiger partial charge in [0.05, 0.1) is 11.0 Å². The van der Waals surface area contributed by atoms with Gasteiger partial charge in [-0.3, -0.25) is 0 Å². The van der Waals surface area contributed by atoms with E-state index >= 15 is 0 Å². The summed E-state index contributed by atoms with van der Waals surface area (Å²) in [5.41, 5.74) is 31.7. The fraction of sp³-hybridized carbons (Fsp3) is 0.0192. The number of aromatic nitrogens is 1. The van der Waals surface area contributed by atoms with E-state index in [9.17, 15) is 0 Å². The molecule has 1 aliphatic carbocycles. The molecule has 0 saturated heterocycles. The normalized spacial score (nSPS) is 14.1. The van der Waals surface area contributed by atoms with E-state index < -0.39 is 0 Å². The maximum Gasteiger partial charge on any atom is 0.0547 e. The highest BCUT2D eigenvalue weighted by atomic mass is 32.2. The second-order valence-electron chi connectivity index (χ2n) is 28.5. The molecule has 0 bridgehead atoms. The molecule has 0 fully saturated rings. The molecule has 1 nitrogen and oxygen atoms in total. The molecule has 17 aromatic carbocycles. The summed E-state index contributed by atoms with van der Waals surface area (Å²) < 4.78 is 5.13. The molecule has 2 unspecified atom stereocenters. The molecule has 19 aromatic rings. The van der Waals surface area contributed by atoms with E-state index in [0.29, 0.717) is 0 Å². The molecule has 3 heteroatoms. The summed E-state index contributed by atoms with van der Waals surface area (Å²) in [6.45, 7) is 0. The SMILES string of the molecule is C1=C(c2ccccc2)C=C(c2ccc3c4ccc(-c5cc(-c6ccccc6)cc6c5sc5c(-c7ccccc7)cc(-c7ccccc7)cc56)cc4n(-c4ccc(-c5ccc6c(-c7ccccc7)c7ccccc7c(-c7ccccc7)c6c5)cc4)c3c2)C2Sc3c(-c4ccccc4)cc(-c4ccccc4)cc3C12. The van der Waals surface area contributed by atoms with Gasteiger partial charge in [-0.15, -0.1) is 23.1 Å². The lowest BCUT2D eigenvalue weighted by molar-refractivity contribution is 0.897. The molecule has 2 aromatic heterocycles. The van der Waals surface area contributed by atoms with Crippen LogP contribution in [0.5, 0.6) is 0 Å². The molecule has 0 saturated carbocycles. The highest BCUT2D eigenvalue weighted by Crippen LogP contribution is 2.59. The molecular formula is C104H67NS2. The lowest BCUT2D eigenvalue weighted by atomic mass is 9.79. The van der Waals surface area contributed by atoms with Crippen molar-refractivity contribution >= 4 is 97.8 Å². The van der Waals surface area contributed by atoms with Crippen molar-refractivity contribution in [2.45, 2.75) is 16.1 Å². The van der Waals surface area contributed by atoms with Crippen LogP contribution in [-0.4, -0.2) is 9.82 Å². The average Bonchev–Trinajstić information content (AvgIpc) is 1.69. The summed E-state index contributed by atoms with van der Waals surface area (Å²) in [4.78, 5) is 1.36. The molecule has 1 aliphatic heterocycles. The molecule has 107 heavy (non-hydrogen) atoms. The molecule has 21 rings (SSSR count).